The summed E-state index contributed by atoms with van der Waals surface area (Å²) in [4.78, 5) is 27.3. The molecule has 8 heteroatoms. The number of allylic oxidation sites excluding steroid dienone is 2. The highest BCUT2D eigenvalue weighted by molar-refractivity contribution is 6.03. The third-order valence-electron chi connectivity index (χ3n) is 7.46. The van der Waals surface area contributed by atoms with E-state index in [0.717, 1.165) is 51.0 Å². The summed E-state index contributed by atoms with van der Waals surface area (Å²) in [6.07, 6.45) is 8.30. The molecule has 0 aromatic heterocycles. The molecule has 1 N–H and O–H groups in total. The predicted octanol–water partition coefficient (Wildman–Crippen LogP) is 2.28. The zero-order valence-electron chi connectivity index (χ0n) is 18.0. The van der Waals surface area contributed by atoms with Crippen molar-refractivity contribution in [3.05, 3.63) is 24.1 Å². The molecule has 31 heavy (non-hydrogen) atoms. The van der Waals surface area contributed by atoms with Crippen molar-refractivity contribution in [2.75, 3.05) is 26.2 Å². The number of carbonyl (C=O) groups is 1. The van der Waals surface area contributed by atoms with Crippen LogP contribution in [0.5, 0.6) is 0 Å². The standard InChI is InChI=1S/C23H31FN4O3/c1-14-17(23(30)28-9-2-3-19(29)22(28)25-14)8-12-27-10-6-15(7-11-27)21-18-5-4-16(24)13-20(18)31-26-21/h4-5,13-15,17-20,29H,2-3,6-12H2,1H3. The van der Waals surface area contributed by atoms with Crippen molar-refractivity contribution in [1.29, 1.82) is 0 Å². The lowest BCUT2D eigenvalue weighted by Gasteiger charge is -2.40. The van der Waals surface area contributed by atoms with Gasteiger partial charge in [0, 0.05) is 12.5 Å². The highest BCUT2D eigenvalue weighted by Gasteiger charge is 2.41. The van der Waals surface area contributed by atoms with Crippen molar-refractivity contribution in [2.24, 2.45) is 27.9 Å². The summed E-state index contributed by atoms with van der Waals surface area (Å²) in [7, 11) is 0. The van der Waals surface area contributed by atoms with Crippen LogP contribution in [0.25, 0.3) is 0 Å². The lowest BCUT2D eigenvalue weighted by molar-refractivity contribution is -0.134. The van der Waals surface area contributed by atoms with Gasteiger partial charge in [0.05, 0.1) is 23.6 Å². The molecule has 0 radical (unpaired) electrons. The molecule has 5 atom stereocenters. The molecule has 5 rings (SSSR count). The number of amides is 1. The second-order valence-corrected chi connectivity index (χ2v) is 9.41. The van der Waals surface area contributed by atoms with Crippen LogP contribution >= 0.6 is 0 Å². The topological polar surface area (TPSA) is 77.7 Å². The summed E-state index contributed by atoms with van der Waals surface area (Å²) in [5.74, 6) is 0.749. The molecular weight excluding hydrogens is 399 g/mol. The van der Waals surface area contributed by atoms with Gasteiger partial charge < -0.3 is 14.8 Å². The lowest BCUT2D eigenvalue weighted by atomic mass is 9.81. The van der Waals surface area contributed by atoms with Crippen LogP contribution in [0, 0.1) is 17.8 Å². The number of hydrogen-bond acceptors (Lipinski definition) is 6. The Kier molecular flexibility index (Phi) is 5.69. The number of rotatable bonds is 4. The molecule has 1 aliphatic carbocycles. The van der Waals surface area contributed by atoms with E-state index in [9.17, 15) is 14.3 Å². The van der Waals surface area contributed by atoms with Crippen LogP contribution < -0.4 is 0 Å². The minimum atomic E-state index is -0.604. The fourth-order valence-corrected chi connectivity index (χ4v) is 5.60. The number of aliphatic hydroxyl groups excluding tert-OH is 1. The normalized spacial score (nSPS) is 36.4. The number of nitrogens with zero attached hydrogens (tertiary/aromatic N) is 4. The molecule has 5 aliphatic rings. The van der Waals surface area contributed by atoms with Crippen LogP contribution in [-0.2, 0) is 9.63 Å². The smallest absolute Gasteiger partial charge is 0.233 e. The van der Waals surface area contributed by atoms with Gasteiger partial charge in [0.2, 0.25) is 5.91 Å². The zero-order chi connectivity index (χ0) is 21.5. The third kappa shape index (κ3) is 3.96. The first kappa shape index (κ1) is 20.8. The minimum Gasteiger partial charge on any atom is -0.387 e. The van der Waals surface area contributed by atoms with Gasteiger partial charge in [-0.25, -0.2) is 4.39 Å². The van der Waals surface area contributed by atoms with Crippen molar-refractivity contribution < 1.29 is 19.1 Å². The molecule has 4 aliphatic heterocycles. The number of aliphatic imine (C=N–C) groups is 1. The van der Waals surface area contributed by atoms with Crippen molar-refractivity contribution in [3.8, 4) is 0 Å². The summed E-state index contributed by atoms with van der Waals surface area (Å²) < 4.78 is 13.4. The molecule has 2 fully saturated rings. The van der Waals surface area contributed by atoms with Gasteiger partial charge in [0.1, 0.15) is 17.8 Å². The number of likely N-dealkylation sites (tertiary alicyclic amines) is 1. The average Bonchev–Trinajstić information content (AvgIpc) is 3.18. The van der Waals surface area contributed by atoms with E-state index in [-0.39, 0.29) is 35.7 Å². The van der Waals surface area contributed by atoms with Crippen LogP contribution in [0.15, 0.2) is 34.2 Å². The van der Waals surface area contributed by atoms with E-state index >= 15 is 0 Å². The highest BCUT2D eigenvalue weighted by atomic mass is 19.1. The van der Waals surface area contributed by atoms with Crippen molar-refractivity contribution in [2.45, 2.75) is 57.3 Å². The van der Waals surface area contributed by atoms with Gasteiger partial charge >= 0.3 is 0 Å². The number of amidine groups is 1. The second kappa shape index (κ2) is 8.47. The van der Waals surface area contributed by atoms with Gasteiger partial charge in [-0.2, -0.15) is 0 Å². The maximum atomic E-state index is 13.4. The van der Waals surface area contributed by atoms with Gasteiger partial charge in [0.25, 0.3) is 0 Å². The van der Waals surface area contributed by atoms with Crippen LogP contribution in [0.4, 0.5) is 4.39 Å². The Morgan fingerprint density at radius 1 is 1.26 bits per heavy atom. The molecule has 5 unspecified atom stereocenters. The Morgan fingerprint density at radius 2 is 2.06 bits per heavy atom. The number of carbonyl (C=O) groups excluding carboxylic acids is 1. The molecule has 7 nitrogen and oxygen atoms in total. The lowest BCUT2D eigenvalue weighted by Crippen LogP contribution is -2.55. The summed E-state index contributed by atoms with van der Waals surface area (Å²) in [5.41, 5.74) is 1.05. The van der Waals surface area contributed by atoms with E-state index in [1.807, 2.05) is 13.0 Å². The first-order valence-corrected chi connectivity index (χ1v) is 11.6. The van der Waals surface area contributed by atoms with E-state index in [1.165, 1.54) is 12.2 Å². The molecule has 0 bridgehead atoms. The van der Waals surface area contributed by atoms with Gasteiger partial charge in [-0.1, -0.05) is 11.2 Å². The SMILES string of the molecule is CC1N=C2C(O)CCCN2C(=O)C1CCN1CCC(C2=NOC3C=C(F)C=CC23)CC1. The van der Waals surface area contributed by atoms with Crippen LogP contribution in [0.3, 0.4) is 0 Å². The van der Waals surface area contributed by atoms with Crippen LogP contribution in [-0.4, -0.2) is 76.8 Å². The van der Waals surface area contributed by atoms with Crippen molar-refractivity contribution in [3.63, 3.8) is 0 Å². The number of halogens is 1. The van der Waals surface area contributed by atoms with E-state index in [1.54, 1.807) is 4.90 Å². The molecule has 0 aromatic carbocycles. The maximum Gasteiger partial charge on any atom is 0.233 e. The quantitative estimate of drug-likeness (QED) is 0.742. The Labute approximate surface area is 182 Å². The average molecular weight is 431 g/mol. The van der Waals surface area contributed by atoms with Crippen LogP contribution in [0.2, 0.25) is 0 Å². The Morgan fingerprint density at radius 3 is 2.87 bits per heavy atom. The molecule has 2 saturated heterocycles. The Bertz CT molecular complexity index is 846. The zero-order valence-corrected chi connectivity index (χ0v) is 18.0. The van der Waals surface area contributed by atoms with E-state index in [0.29, 0.717) is 24.7 Å². The molecule has 0 saturated carbocycles. The van der Waals surface area contributed by atoms with E-state index < -0.39 is 6.10 Å². The van der Waals surface area contributed by atoms with Crippen molar-refractivity contribution in [1.82, 2.24) is 9.80 Å². The van der Waals surface area contributed by atoms with Crippen molar-refractivity contribution >= 4 is 17.5 Å². The van der Waals surface area contributed by atoms with Gasteiger partial charge in [-0.3, -0.25) is 14.7 Å². The largest absolute Gasteiger partial charge is 0.387 e. The number of hydrogen-bond donors (Lipinski definition) is 1. The maximum absolute atomic E-state index is 13.4. The monoisotopic (exact) mass is 430 g/mol. The summed E-state index contributed by atoms with van der Waals surface area (Å²) in [6.45, 7) is 5.45. The van der Waals surface area contributed by atoms with E-state index in [4.69, 9.17) is 4.84 Å². The third-order valence-corrected chi connectivity index (χ3v) is 7.46. The molecule has 0 aromatic rings. The molecule has 1 amide bonds. The molecular formula is C23H31FN4O3. The molecule has 0 spiro atoms. The van der Waals surface area contributed by atoms with Gasteiger partial charge in [-0.15, -0.1) is 0 Å². The summed E-state index contributed by atoms with van der Waals surface area (Å²) >= 11 is 0. The first-order chi connectivity index (χ1) is 15.0. The summed E-state index contributed by atoms with van der Waals surface area (Å²) in [6, 6.07) is -0.0856. The number of fused-ring (bicyclic) bond motifs is 2. The Balaban J connectivity index is 1.13. The first-order valence-electron chi connectivity index (χ1n) is 11.6. The number of piperidine rings is 2. The van der Waals surface area contributed by atoms with E-state index in [2.05, 4.69) is 15.0 Å². The fraction of sp³-hybridized carbons (Fsp3) is 0.696. The minimum absolute atomic E-state index is 0.0590. The Hall–Kier alpha value is -2.06. The van der Waals surface area contributed by atoms with Gasteiger partial charge in [-0.05, 0) is 70.8 Å². The van der Waals surface area contributed by atoms with Gasteiger partial charge in [0.15, 0.2) is 6.10 Å². The second-order valence-electron chi connectivity index (χ2n) is 9.41. The fourth-order valence-electron chi connectivity index (χ4n) is 5.60. The predicted molar refractivity (Wildman–Crippen MR) is 115 cm³/mol. The molecule has 4 heterocycles. The highest BCUT2D eigenvalue weighted by Crippen LogP contribution is 2.34. The molecule has 168 valence electrons. The summed E-state index contributed by atoms with van der Waals surface area (Å²) in [5, 5.41) is 14.5. The number of aliphatic hydroxyl groups is 1. The number of oxime groups is 1. The van der Waals surface area contributed by atoms with Crippen LogP contribution in [0.1, 0.15) is 39.0 Å².